The molecule has 1 aliphatic rings. The van der Waals surface area contributed by atoms with Crippen LogP contribution in [0.5, 0.6) is 0 Å². The molecule has 1 saturated heterocycles. The Balaban J connectivity index is 2.28. The fourth-order valence-electron chi connectivity index (χ4n) is 2.05. The third-order valence-electron chi connectivity index (χ3n) is 3.20. The van der Waals surface area contributed by atoms with E-state index in [4.69, 9.17) is 17.3 Å². The minimum absolute atomic E-state index is 0.00542. The molecule has 4 nitrogen and oxygen atoms in total. The van der Waals surface area contributed by atoms with Gasteiger partial charge in [-0.3, -0.25) is 0 Å². The summed E-state index contributed by atoms with van der Waals surface area (Å²) in [6.45, 7) is 1.69. The van der Waals surface area contributed by atoms with Gasteiger partial charge in [0.2, 0.25) is 10.0 Å². The number of halogens is 1. The fourth-order valence-corrected chi connectivity index (χ4v) is 5.05. The molecule has 1 fully saturated rings. The Hall–Kier alpha value is -0.430. The van der Waals surface area contributed by atoms with Crippen molar-refractivity contribution in [2.24, 2.45) is 0 Å². The summed E-state index contributed by atoms with van der Waals surface area (Å²) in [6.07, 6.45) is 1.72. The van der Waals surface area contributed by atoms with E-state index in [9.17, 15) is 8.42 Å². The summed E-state index contributed by atoms with van der Waals surface area (Å²) in [5, 5.41) is 0.336. The van der Waals surface area contributed by atoms with Crippen molar-refractivity contribution in [3.05, 3.63) is 22.7 Å². The summed E-state index contributed by atoms with van der Waals surface area (Å²) in [5.41, 5.74) is 6.71. The normalized spacial score (nSPS) is 17.6. The lowest BCUT2D eigenvalue weighted by Gasteiger charge is -2.23. The van der Waals surface area contributed by atoms with Crippen molar-refractivity contribution in [1.82, 2.24) is 4.72 Å². The highest BCUT2D eigenvalue weighted by Crippen LogP contribution is 2.27. The van der Waals surface area contributed by atoms with Crippen LogP contribution in [0.1, 0.15) is 18.4 Å². The number of rotatable bonds is 3. The molecule has 7 heteroatoms. The highest BCUT2D eigenvalue weighted by molar-refractivity contribution is 7.99. The van der Waals surface area contributed by atoms with E-state index in [0.717, 1.165) is 24.3 Å². The number of hydrogen-bond donors (Lipinski definition) is 2. The number of nitrogens with two attached hydrogens (primary N) is 1. The maximum absolute atomic E-state index is 12.4. The van der Waals surface area contributed by atoms with Gasteiger partial charge in [0, 0.05) is 16.8 Å². The van der Waals surface area contributed by atoms with Crippen LogP contribution in [0, 0.1) is 6.92 Å². The van der Waals surface area contributed by atoms with Crippen molar-refractivity contribution < 1.29 is 8.42 Å². The number of anilines is 1. The van der Waals surface area contributed by atoms with Crippen LogP contribution in [0.3, 0.4) is 0 Å². The first-order valence-corrected chi connectivity index (χ1v) is 9.07. The van der Waals surface area contributed by atoms with Crippen LogP contribution in [0.15, 0.2) is 17.0 Å². The van der Waals surface area contributed by atoms with Gasteiger partial charge in [-0.15, -0.1) is 0 Å². The summed E-state index contributed by atoms with van der Waals surface area (Å²) in [6, 6.07) is 3.02. The molecular formula is C12H17ClN2O2S2. The molecule has 0 atom stereocenters. The van der Waals surface area contributed by atoms with Gasteiger partial charge in [0.1, 0.15) is 0 Å². The first-order chi connectivity index (χ1) is 8.90. The molecule has 1 heterocycles. The first-order valence-electron chi connectivity index (χ1n) is 6.06. The number of nitrogens with one attached hydrogen (secondary N) is 1. The van der Waals surface area contributed by atoms with Gasteiger partial charge in [0.25, 0.3) is 0 Å². The third kappa shape index (κ3) is 3.56. The molecule has 1 aromatic rings. The van der Waals surface area contributed by atoms with Gasteiger partial charge in [-0.05, 0) is 49.0 Å². The van der Waals surface area contributed by atoms with E-state index in [1.807, 2.05) is 11.8 Å². The SMILES string of the molecule is Cc1c(N)cc(Cl)cc1S(=O)(=O)NC1CCSCC1. The molecule has 106 valence electrons. The first kappa shape index (κ1) is 15.0. The molecule has 1 aliphatic heterocycles. The zero-order valence-corrected chi connectivity index (χ0v) is 13.0. The third-order valence-corrected chi connectivity index (χ3v) is 6.11. The van der Waals surface area contributed by atoms with Crippen molar-refractivity contribution in [2.75, 3.05) is 17.2 Å². The van der Waals surface area contributed by atoms with E-state index in [0.29, 0.717) is 16.3 Å². The molecule has 0 bridgehead atoms. The van der Waals surface area contributed by atoms with E-state index in [1.165, 1.54) is 6.07 Å². The molecule has 0 aliphatic carbocycles. The van der Waals surface area contributed by atoms with Gasteiger partial charge in [-0.2, -0.15) is 11.8 Å². The lowest BCUT2D eigenvalue weighted by atomic mass is 10.2. The number of sulfonamides is 1. The van der Waals surface area contributed by atoms with Crippen LogP contribution >= 0.6 is 23.4 Å². The summed E-state index contributed by atoms with van der Waals surface area (Å²) < 4.78 is 27.5. The van der Waals surface area contributed by atoms with Crippen molar-refractivity contribution >= 4 is 39.1 Å². The predicted octanol–water partition coefficient (Wildman–Crippen LogP) is 2.40. The molecule has 0 aromatic heterocycles. The van der Waals surface area contributed by atoms with Gasteiger partial charge in [-0.1, -0.05) is 11.6 Å². The number of benzene rings is 1. The lowest BCUT2D eigenvalue weighted by molar-refractivity contribution is 0.528. The molecule has 1 aromatic carbocycles. The molecule has 0 spiro atoms. The Bertz CT molecular complexity index is 569. The van der Waals surface area contributed by atoms with Crippen LogP contribution in [-0.4, -0.2) is 26.0 Å². The summed E-state index contributed by atoms with van der Waals surface area (Å²) in [7, 11) is -3.56. The van der Waals surface area contributed by atoms with Crippen LogP contribution in [-0.2, 0) is 10.0 Å². The molecular weight excluding hydrogens is 304 g/mol. The van der Waals surface area contributed by atoms with Crippen LogP contribution in [0.4, 0.5) is 5.69 Å². The van der Waals surface area contributed by atoms with E-state index in [2.05, 4.69) is 4.72 Å². The number of hydrogen-bond acceptors (Lipinski definition) is 4. The zero-order chi connectivity index (χ0) is 14.0. The van der Waals surface area contributed by atoms with E-state index >= 15 is 0 Å². The molecule has 2 rings (SSSR count). The average molecular weight is 321 g/mol. The van der Waals surface area contributed by atoms with E-state index in [1.54, 1.807) is 13.0 Å². The van der Waals surface area contributed by atoms with Crippen LogP contribution in [0.2, 0.25) is 5.02 Å². The van der Waals surface area contributed by atoms with Crippen molar-refractivity contribution in [1.29, 1.82) is 0 Å². The summed E-state index contributed by atoms with van der Waals surface area (Å²) >= 11 is 7.75. The summed E-state index contributed by atoms with van der Waals surface area (Å²) in [4.78, 5) is 0.177. The van der Waals surface area contributed by atoms with Gasteiger partial charge in [0.15, 0.2) is 0 Å². The Kier molecular flexibility index (Phi) is 4.66. The number of thioether (sulfide) groups is 1. The van der Waals surface area contributed by atoms with Gasteiger partial charge in [0.05, 0.1) is 4.90 Å². The largest absolute Gasteiger partial charge is 0.398 e. The minimum atomic E-state index is -3.56. The van der Waals surface area contributed by atoms with Crippen LogP contribution < -0.4 is 10.5 Å². The topological polar surface area (TPSA) is 72.2 Å². The highest BCUT2D eigenvalue weighted by Gasteiger charge is 2.24. The quantitative estimate of drug-likeness (QED) is 0.839. The Labute approximate surface area is 123 Å². The molecule has 0 amide bonds. The fraction of sp³-hybridized carbons (Fsp3) is 0.500. The highest BCUT2D eigenvalue weighted by atomic mass is 35.5. The Morgan fingerprint density at radius 1 is 1.37 bits per heavy atom. The Morgan fingerprint density at radius 3 is 2.63 bits per heavy atom. The minimum Gasteiger partial charge on any atom is -0.398 e. The molecule has 0 unspecified atom stereocenters. The maximum atomic E-state index is 12.4. The second-order valence-corrected chi connectivity index (χ2v) is 7.97. The number of nitrogen functional groups attached to an aromatic ring is 1. The van der Waals surface area contributed by atoms with Gasteiger partial charge in [-0.25, -0.2) is 13.1 Å². The molecule has 0 saturated carbocycles. The van der Waals surface area contributed by atoms with E-state index < -0.39 is 10.0 Å². The van der Waals surface area contributed by atoms with Gasteiger partial charge >= 0.3 is 0 Å². The smallest absolute Gasteiger partial charge is 0.241 e. The zero-order valence-electron chi connectivity index (χ0n) is 10.6. The monoisotopic (exact) mass is 320 g/mol. The predicted molar refractivity (Wildman–Crippen MR) is 81.3 cm³/mol. The molecule has 19 heavy (non-hydrogen) atoms. The molecule has 0 radical (unpaired) electrons. The maximum Gasteiger partial charge on any atom is 0.241 e. The summed E-state index contributed by atoms with van der Waals surface area (Å²) in [5.74, 6) is 1.98. The van der Waals surface area contributed by atoms with Gasteiger partial charge < -0.3 is 5.73 Å². The second kappa shape index (κ2) is 5.91. The van der Waals surface area contributed by atoms with E-state index in [-0.39, 0.29) is 10.9 Å². The average Bonchev–Trinajstić information content (AvgIpc) is 2.34. The van der Waals surface area contributed by atoms with Crippen molar-refractivity contribution in [3.63, 3.8) is 0 Å². The Morgan fingerprint density at radius 2 is 2.00 bits per heavy atom. The van der Waals surface area contributed by atoms with Crippen molar-refractivity contribution in [2.45, 2.75) is 30.7 Å². The van der Waals surface area contributed by atoms with Crippen molar-refractivity contribution in [3.8, 4) is 0 Å². The standard InChI is InChI=1S/C12H17ClN2O2S2/c1-8-11(14)6-9(13)7-12(8)19(16,17)15-10-2-4-18-5-3-10/h6-7,10,15H,2-5,14H2,1H3. The molecule has 3 N–H and O–H groups in total. The lowest BCUT2D eigenvalue weighted by Crippen LogP contribution is -2.37. The second-order valence-electron chi connectivity index (χ2n) is 4.63. The van der Waals surface area contributed by atoms with Crippen LogP contribution in [0.25, 0.3) is 0 Å².